The first-order valence-corrected chi connectivity index (χ1v) is 3.66. The fourth-order valence-electron chi connectivity index (χ4n) is 1.27. The number of nitrogens with one attached hydrogen (secondary N) is 1. The van der Waals surface area contributed by atoms with Crippen LogP contribution in [0, 0.1) is 0 Å². The first-order valence-electron chi connectivity index (χ1n) is 3.66. The van der Waals surface area contributed by atoms with Crippen LogP contribution in [0.5, 0.6) is 0 Å². The third-order valence-electron chi connectivity index (χ3n) is 1.81. The Balaban J connectivity index is 2.78. The van der Waals surface area contributed by atoms with E-state index in [2.05, 4.69) is 5.32 Å². The van der Waals surface area contributed by atoms with Crippen LogP contribution in [-0.4, -0.2) is 12.3 Å². The number of ketones is 1. The molecule has 0 amide bonds. The van der Waals surface area contributed by atoms with Crippen molar-refractivity contribution < 1.29 is 4.79 Å². The summed E-state index contributed by atoms with van der Waals surface area (Å²) >= 11 is 0. The number of Topliss-reactive ketones (excluding diaryl/α,β-unsaturated/α-hetero) is 1. The van der Waals surface area contributed by atoms with Gasteiger partial charge in [0.05, 0.1) is 5.70 Å². The smallest absolute Gasteiger partial charge is 0.175 e. The highest BCUT2D eigenvalue weighted by Crippen LogP contribution is 2.13. The molecule has 1 N–H and O–H groups in total. The average molecular weight is 139 g/mol. The molecule has 0 aromatic rings. The van der Waals surface area contributed by atoms with E-state index >= 15 is 0 Å². The molecule has 1 aliphatic rings. The molecule has 0 unspecified atom stereocenters. The number of hydrogen-bond donors (Lipinski definition) is 1. The average Bonchev–Trinajstić information content (AvgIpc) is 1.88. The van der Waals surface area contributed by atoms with Crippen molar-refractivity contribution in [3.05, 3.63) is 11.3 Å². The largest absolute Gasteiger partial charge is 0.382 e. The first-order chi connectivity index (χ1) is 4.72. The lowest BCUT2D eigenvalue weighted by molar-refractivity contribution is -0.114. The van der Waals surface area contributed by atoms with Gasteiger partial charge in [0.25, 0.3) is 0 Å². The van der Waals surface area contributed by atoms with Gasteiger partial charge in [-0.2, -0.15) is 0 Å². The third-order valence-corrected chi connectivity index (χ3v) is 1.81. The highest BCUT2D eigenvalue weighted by Gasteiger charge is 2.10. The van der Waals surface area contributed by atoms with E-state index < -0.39 is 0 Å². The Hall–Kier alpha value is -0.790. The van der Waals surface area contributed by atoms with Gasteiger partial charge in [-0.25, -0.2) is 0 Å². The van der Waals surface area contributed by atoms with E-state index in [1.807, 2.05) is 6.92 Å². The van der Waals surface area contributed by atoms with Crippen LogP contribution in [0.15, 0.2) is 11.3 Å². The molecule has 10 heavy (non-hydrogen) atoms. The molecule has 0 saturated carbocycles. The molecule has 0 aromatic carbocycles. The lowest BCUT2D eigenvalue weighted by atomic mass is 10.0. The van der Waals surface area contributed by atoms with E-state index in [0.29, 0.717) is 0 Å². The molecule has 1 rings (SSSR count). The minimum atomic E-state index is 0.164. The molecule has 0 atom stereocenters. The Morgan fingerprint density at radius 1 is 1.60 bits per heavy atom. The highest BCUT2D eigenvalue weighted by atomic mass is 16.1. The number of hydrogen-bond acceptors (Lipinski definition) is 2. The Labute approximate surface area is 61.3 Å². The molecule has 0 aromatic heterocycles. The summed E-state index contributed by atoms with van der Waals surface area (Å²) in [6.45, 7) is 4.58. The molecular weight excluding hydrogens is 126 g/mol. The Morgan fingerprint density at radius 3 is 2.70 bits per heavy atom. The molecule has 1 aliphatic heterocycles. The summed E-state index contributed by atoms with van der Waals surface area (Å²) in [6, 6.07) is 0. The first kappa shape index (κ1) is 7.32. The molecule has 1 heterocycles. The molecule has 0 aliphatic carbocycles. The van der Waals surface area contributed by atoms with Gasteiger partial charge in [0.2, 0.25) is 0 Å². The zero-order chi connectivity index (χ0) is 7.56. The molecule has 2 nitrogen and oxygen atoms in total. The van der Waals surface area contributed by atoms with Crippen LogP contribution < -0.4 is 5.32 Å². The highest BCUT2D eigenvalue weighted by molar-refractivity contribution is 5.93. The van der Waals surface area contributed by atoms with Crippen LogP contribution in [0.2, 0.25) is 0 Å². The standard InChI is InChI=1S/C8H13NO/c1-6-4-3-5-9-8(6)7(2)10/h9H,3-5H2,1-2H3. The van der Waals surface area contributed by atoms with Gasteiger partial charge in [-0.15, -0.1) is 0 Å². The van der Waals surface area contributed by atoms with Gasteiger partial charge in [-0.3, -0.25) is 4.79 Å². The molecule has 2 heteroatoms. The second-order valence-corrected chi connectivity index (χ2v) is 2.74. The lowest BCUT2D eigenvalue weighted by Crippen LogP contribution is -2.25. The molecule has 0 saturated heterocycles. The van der Waals surface area contributed by atoms with Gasteiger partial charge in [0.15, 0.2) is 5.78 Å². The van der Waals surface area contributed by atoms with Crippen LogP contribution in [-0.2, 0) is 4.79 Å². The maximum absolute atomic E-state index is 10.9. The zero-order valence-corrected chi connectivity index (χ0v) is 6.53. The van der Waals surface area contributed by atoms with Gasteiger partial charge in [-0.05, 0) is 25.3 Å². The minimum absolute atomic E-state index is 0.164. The second kappa shape index (κ2) is 2.86. The fraction of sp³-hybridized carbons (Fsp3) is 0.625. The molecular formula is C8H13NO. The Morgan fingerprint density at radius 2 is 2.30 bits per heavy atom. The third kappa shape index (κ3) is 1.38. The molecule has 0 spiro atoms. The van der Waals surface area contributed by atoms with Crippen LogP contribution in [0.25, 0.3) is 0 Å². The predicted octanol–water partition coefficient (Wildman–Crippen LogP) is 1.23. The molecule has 56 valence electrons. The van der Waals surface area contributed by atoms with E-state index in [1.165, 1.54) is 5.57 Å². The van der Waals surface area contributed by atoms with Crippen molar-refractivity contribution >= 4 is 5.78 Å². The van der Waals surface area contributed by atoms with Gasteiger partial charge >= 0.3 is 0 Å². The van der Waals surface area contributed by atoms with Crippen molar-refractivity contribution in [3.63, 3.8) is 0 Å². The van der Waals surface area contributed by atoms with Crippen LogP contribution in [0.4, 0.5) is 0 Å². The summed E-state index contributed by atoms with van der Waals surface area (Å²) < 4.78 is 0. The number of rotatable bonds is 1. The fourth-order valence-corrected chi connectivity index (χ4v) is 1.27. The van der Waals surface area contributed by atoms with Crippen LogP contribution in [0.3, 0.4) is 0 Å². The summed E-state index contributed by atoms with van der Waals surface area (Å²) in [6.07, 6.45) is 2.23. The lowest BCUT2D eigenvalue weighted by Gasteiger charge is -2.17. The van der Waals surface area contributed by atoms with Gasteiger partial charge in [0.1, 0.15) is 0 Å². The zero-order valence-electron chi connectivity index (χ0n) is 6.53. The van der Waals surface area contributed by atoms with E-state index in [-0.39, 0.29) is 5.78 Å². The summed E-state index contributed by atoms with van der Waals surface area (Å²) in [5.41, 5.74) is 2.05. The van der Waals surface area contributed by atoms with Gasteiger partial charge in [-0.1, -0.05) is 0 Å². The van der Waals surface area contributed by atoms with Gasteiger partial charge < -0.3 is 5.32 Å². The minimum Gasteiger partial charge on any atom is -0.382 e. The summed E-state index contributed by atoms with van der Waals surface area (Å²) in [7, 11) is 0. The van der Waals surface area contributed by atoms with Crippen molar-refractivity contribution in [3.8, 4) is 0 Å². The molecule has 0 bridgehead atoms. The summed E-state index contributed by atoms with van der Waals surface area (Å²) in [4.78, 5) is 10.9. The van der Waals surface area contributed by atoms with E-state index in [1.54, 1.807) is 6.92 Å². The second-order valence-electron chi connectivity index (χ2n) is 2.74. The van der Waals surface area contributed by atoms with Gasteiger partial charge in [0, 0.05) is 13.5 Å². The summed E-state index contributed by atoms with van der Waals surface area (Å²) in [5.74, 6) is 0.164. The van der Waals surface area contributed by atoms with E-state index in [9.17, 15) is 4.79 Å². The van der Waals surface area contributed by atoms with E-state index in [4.69, 9.17) is 0 Å². The van der Waals surface area contributed by atoms with Crippen molar-refractivity contribution in [1.82, 2.24) is 5.32 Å². The SMILES string of the molecule is CC(=O)C1=C(C)CCCN1. The van der Waals surface area contributed by atoms with E-state index in [0.717, 1.165) is 25.1 Å². The van der Waals surface area contributed by atoms with Crippen molar-refractivity contribution in [2.75, 3.05) is 6.54 Å². The molecule has 0 radical (unpaired) electrons. The molecule has 0 fully saturated rings. The quantitative estimate of drug-likeness (QED) is 0.592. The number of carbonyl (C=O) groups is 1. The van der Waals surface area contributed by atoms with Crippen molar-refractivity contribution in [2.45, 2.75) is 26.7 Å². The Kier molecular flexibility index (Phi) is 2.10. The van der Waals surface area contributed by atoms with Crippen LogP contribution >= 0.6 is 0 Å². The number of carbonyl (C=O) groups excluding carboxylic acids is 1. The Bertz CT molecular complexity index is 182. The van der Waals surface area contributed by atoms with Crippen molar-refractivity contribution in [1.29, 1.82) is 0 Å². The maximum Gasteiger partial charge on any atom is 0.175 e. The topological polar surface area (TPSA) is 29.1 Å². The normalized spacial score (nSPS) is 18.6. The number of allylic oxidation sites excluding steroid dienone is 2. The maximum atomic E-state index is 10.9. The summed E-state index contributed by atoms with van der Waals surface area (Å²) in [5, 5.41) is 3.10. The van der Waals surface area contributed by atoms with Crippen molar-refractivity contribution in [2.24, 2.45) is 0 Å². The predicted molar refractivity (Wildman–Crippen MR) is 40.6 cm³/mol. The van der Waals surface area contributed by atoms with Crippen LogP contribution in [0.1, 0.15) is 26.7 Å². The monoisotopic (exact) mass is 139 g/mol.